The third-order valence-corrected chi connectivity index (χ3v) is 7.33. The third-order valence-electron chi connectivity index (χ3n) is 5.94. The zero-order chi connectivity index (χ0) is 24.7. The van der Waals surface area contributed by atoms with Gasteiger partial charge in [-0.05, 0) is 80.3 Å². The summed E-state index contributed by atoms with van der Waals surface area (Å²) in [6.07, 6.45) is 1.73. The normalized spacial score (nSPS) is 14.4. The van der Waals surface area contributed by atoms with E-state index in [9.17, 15) is 13.2 Å². The average Bonchev–Trinajstić information content (AvgIpc) is 2.88. The molecular formula is C27H30N2O5S. The number of benzene rings is 3. The molecule has 3 aromatic carbocycles. The van der Waals surface area contributed by atoms with Gasteiger partial charge in [0.25, 0.3) is 15.9 Å². The number of nitrogens with one attached hydrogen (secondary N) is 1. The summed E-state index contributed by atoms with van der Waals surface area (Å²) in [5.41, 5.74) is 0.798. The van der Waals surface area contributed by atoms with E-state index in [1.54, 1.807) is 36.4 Å². The summed E-state index contributed by atoms with van der Waals surface area (Å²) in [5.74, 6) is 1.76. The molecule has 1 aliphatic heterocycles. The molecule has 0 bridgehead atoms. The summed E-state index contributed by atoms with van der Waals surface area (Å²) in [6.45, 7) is 4.29. The van der Waals surface area contributed by atoms with Gasteiger partial charge in [0.05, 0.1) is 18.1 Å². The second-order valence-electron chi connectivity index (χ2n) is 8.45. The highest BCUT2D eigenvalue weighted by Gasteiger charge is 2.24. The zero-order valence-electron chi connectivity index (χ0n) is 19.7. The smallest absolute Gasteiger partial charge is 0.261 e. The molecule has 8 heteroatoms. The van der Waals surface area contributed by atoms with E-state index >= 15 is 0 Å². The number of sulfonamides is 1. The molecule has 1 amide bonds. The highest BCUT2D eigenvalue weighted by molar-refractivity contribution is 7.92. The predicted octanol–water partition coefficient (Wildman–Crippen LogP) is 4.82. The van der Waals surface area contributed by atoms with E-state index in [0.717, 1.165) is 18.6 Å². The minimum atomic E-state index is -3.79. The lowest BCUT2D eigenvalue weighted by Crippen LogP contribution is -2.39. The molecule has 0 unspecified atom stereocenters. The van der Waals surface area contributed by atoms with Crippen LogP contribution in [0.1, 0.15) is 30.1 Å². The molecule has 7 nitrogen and oxygen atoms in total. The van der Waals surface area contributed by atoms with Gasteiger partial charge in [-0.1, -0.05) is 24.3 Å². The fourth-order valence-corrected chi connectivity index (χ4v) is 5.08. The average molecular weight is 495 g/mol. The van der Waals surface area contributed by atoms with Gasteiger partial charge in [0.15, 0.2) is 0 Å². The number of carbonyl (C=O) groups is 1. The zero-order valence-corrected chi connectivity index (χ0v) is 20.5. The number of hydrogen-bond donors (Lipinski definition) is 1. The molecule has 0 saturated carbocycles. The number of nitrogens with zero attached hydrogens (tertiary/aromatic N) is 1. The van der Waals surface area contributed by atoms with Crippen LogP contribution in [-0.4, -0.2) is 45.5 Å². The van der Waals surface area contributed by atoms with Gasteiger partial charge >= 0.3 is 0 Å². The van der Waals surface area contributed by atoms with Crippen LogP contribution in [0.4, 0.5) is 5.69 Å². The van der Waals surface area contributed by atoms with Crippen molar-refractivity contribution < 1.29 is 22.7 Å². The van der Waals surface area contributed by atoms with Gasteiger partial charge in [0, 0.05) is 24.3 Å². The molecule has 1 saturated heterocycles. The lowest BCUT2D eigenvalue weighted by atomic mass is 9.97. The molecule has 0 radical (unpaired) electrons. The Labute approximate surface area is 206 Å². The minimum Gasteiger partial charge on any atom is -0.494 e. The van der Waals surface area contributed by atoms with Gasteiger partial charge in [0.1, 0.15) is 11.5 Å². The number of likely N-dealkylation sites (tertiary alicyclic amines) is 1. The first-order valence-electron chi connectivity index (χ1n) is 11.8. The van der Waals surface area contributed by atoms with Crippen molar-refractivity contribution in [3.63, 3.8) is 0 Å². The number of ether oxygens (including phenoxy) is 2. The number of piperidine rings is 1. The van der Waals surface area contributed by atoms with Gasteiger partial charge in [0.2, 0.25) is 0 Å². The molecule has 1 N–H and O–H groups in total. The van der Waals surface area contributed by atoms with E-state index in [1.807, 2.05) is 42.2 Å². The van der Waals surface area contributed by atoms with Crippen molar-refractivity contribution in [2.45, 2.75) is 24.7 Å². The van der Waals surface area contributed by atoms with Crippen molar-refractivity contribution in [3.05, 3.63) is 84.4 Å². The summed E-state index contributed by atoms with van der Waals surface area (Å²) >= 11 is 0. The van der Waals surface area contributed by atoms with Crippen LogP contribution in [0.3, 0.4) is 0 Å². The molecule has 4 rings (SSSR count). The Hall–Kier alpha value is -3.52. The van der Waals surface area contributed by atoms with E-state index in [-0.39, 0.29) is 10.8 Å². The van der Waals surface area contributed by atoms with Gasteiger partial charge in [-0.3, -0.25) is 9.52 Å². The first kappa shape index (κ1) is 24.6. The predicted molar refractivity (Wildman–Crippen MR) is 135 cm³/mol. The van der Waals surface area contributed by atoms with Crippen molar-refractivity contribution in [3.8, 4) is 11.5 Å². The number of anilines is 1. The second kappa shape index (κ2) is 11.3. The Morgan fingerprint density at radius 3 is 2.29 bits per heavy atom. The Balaban J connectivity index is 1.34. The summed E-state index contributed by atoms with van der Waals surface area (Å²) in [5, 5.41) is 0. The van der Waals surface area contributed by atoms with Crippen molar-refractivity contribution in [1.82, 2.24) is 4.90 Å². The van der Waals surface area contributed by atoms with Crippen LogP contribution in [0, 0.1) is 5.92 Å². The largest absolute Gasteiger partial charge is 0.494 e. The van der Waals surface area contributed by atoms with Crippen molar-refractivity contribution in [1.29, 1.82) is 0 Å². The third kappa shape index (κ3) is 6.54. The highest BCUT2D eigenvalue weighted by Crippen LogP contribution is 2.23. The molecule has 0 aromatic heterocycles. The van der Waals surface area contributed by atoms with Gasteiger partial charge in [-0.25, -0.2) is 8.42 Å². The first-order valence-corrected chi connectivity index (χ1v) is 13.3. The first-order chi connectivity index (χ1) is 16.9. The maximum atomic E-state index is 13.1. The number of hydrogen-bond acceptors (Lipinski definition) is 5. The molecule has 1 heterocycles. The quantitative estimate of drug-likeness (QED) is 0.461. The molecule has 184 valence electrons. The maximum Gasteiger partial charge on any atom is 0.261 e. The fraction of sp³-hybridized carbons (Fsp3) is 0.296. The van der Waals surface area contributed by atoms with Gasteiger partial charge in [-0.15, -0.1) is 0 Å². The second-order valence-corrected chi connectivity index (χ2v) is 10.1. The van der Waals surface area contributed by atoms with Crippen molar-refractivity contribution in [2.24, 2.45) is 5.92 Å². The van der Waals surface area contributed by atoms with Gasteiger partial charge < -0.3 is 14.4 Å². The van der Waals surface area contributed by atoms with Crippen LogP contribution in [-0.2, 0) is 10.0 Å². The van der Waals surface area contributed by atoms with Crippen molar-refractivity contribution >= 4 is 21.6 Å². The van der Waals surface area contributed by atoms with E-state index in [4.69, 9.17) is 9.47 Å². The van der Waals surface area contributed by atoms with Crippen LogP contribution >= 0.6 is 0 Å². The topological polar surface area (TPSA) is 84.9 Å². The molecule has 0 aliphatic carbocycles. The summed E-state index contributed by atoms with van der Waals surface area (Å²) in [7, 11) is -3.79. The van der Waals surface area contributed by atoms with Crippen LogP contribution in [0.2, 0.25) is 0 Å². The SMILES string of the molecule is CCOc1ccc(S(=O)(=O)Nc2cccc(C(=O)N3CCC(COc4ccccc4)CC3)c2)cc1. The molecular weight excluding hydrogens is 464 g/mol. The highest BCUT2D eigenvalue weighted by atomic mass is 32.2. The number of amides is 1. The summed E-state index contributed by atoms with van der Waals surface area (Å²) in [6, 6.07) is 22.6. The molecule has 3 aromatic rings. The number of carbonyl (C=O) groups excluding carboxylic acids is 1. The Bertz CT molecular complexity index is 1220. The molecule has 0 spiro atoms. The summed E-state index contributed by atoms with van der Waals surface area (Å²) in [4.78, 5) is 15.0. The Morgan fingerprint density at radius 2 is 1.60 bits per heavy atom. The lowest BCUT2D eigenvalue weighted by molar-refractivity contribution is 0.0661. The summed E-state index contributed by atoms with van der Waals surface area (Å²) < 4.78 is 39.4. The Morgan fingerprint density at radius 1 is 0.914 bits per heavy atom. The van der Waals surface area contributed by atoms with E-state index in [2.05, 4.69) is 4.72 Å². The van der Waals surface area contributed by atoms with Gasteiger partial charge in [-0.2, -0.15) is 0 Å². The lowest BCUT2D eigenvalue weighted by Gasteiger charge is -2.32. The molecule has 0 atom stereocenters. The van der Waals surface area contributed by atoms with Crippen LogP contribution < -0.4 is 14.2 Å². The molecule has 35 heavy (non-hydrogen) atoms. The molecule has 1 fully saturated rings. The van der Waals surface area contributed by atoms with E-state index in [1.165, 1.54) is 12.1 Å². The fourth-order valence-electron chi connectivity index (χ4n) is 4.03. The van der Waals surface area contributed by atoms with Crippen LogP contribution in [0.25, 0.3) is 0 Å². The standard InChI is InChI=1S/C27H30N2O5S/c1-2-33-25-11-13-26(14-12-25)35(31,32)28-23-8-6-7-22(19-23)27(30)29-17-15-21(16-18-29)20-34-24-9-4-3-5-10-24/h3-14,19,21,28H,2,15-18,20H2,1H3. The van der Waals surface area contributed by atoms with Crippen LogP contribution in [0.15, 0.2) is 83.8 Å². The van der Waals surface area contributed by atoms with E-state index < -0.39 is 10.0 Å². The maximum absolute atomic E-state index is 13.1. The van der Waals surface area contributed by atoms with Crippen molar-refractivity contribution in [2.75, 3.05) is 31.0 Å². The minimum absolute atomic E-state index is 0.102. The van der Waals surface area contributed by atoms with Crippen LogP contribution in [0.5, 0.6) is 11.5 Å². The van der Waals surface area contributed by atoms with E-state index in [0.29, 0.717) is 49.2 Å². The number of para-hydroxylation sites is 1. The monoisotopic (exact) mass is 494 g/mol. The number of rotatable bonds is 9. The molecule has 1 aliphatic rings. The Kier molecular flexibility index (Phi) is 7.92.